The molecule has 0 aromatic heterocycles. The van der Waals surface area contributed by atoms with E-state index in [0.717, 1.165) is 0 Å². The quantitative estimate of drug-likeness (QED) is 0.731. The molecule has 0 radical (unpaired) electrons. The molecule has 2 aromatic carbocycles. The van der Waals surface area contributed by atoms with E-state index in [-0.39, 0.29) is 24.9 Å². The molecular weight excluding hydrogens is 416 g/mol. The van der Waals surface area contributed by atoms with E-state index in [9.17, 15) is 14.7 Å². The lowest BCUT2D eigenvalue weighted by Gasteiger charge is -2.48. The zero-order chi connectivity index (χ0) is 22.6. The van der Waals surface area contributed by atoms with Crippen LogP contribution in [0.25, 0.3) is 0 Å². The van der Waals surface area contributed by atoms with Crippen molar-refractivity contribution in [2.24, 2.45) is 0 Å². The minimum Gasteiger partial charge on any atom is -0.444 e. The molecule has 1 saturated heterocycles. The molecule has 1 N–H and O–H groups in total. The predicted octanol–water partition coefficient (Wildman–Crippen LogP) is 3.61. The largest absolute Gasteiger partial charge is 0.444 e. The topological polar surface area (TPSA) is 70.1 Å². The normalized spacial score (nSPS) is 17.4. The van der Waals surface area contributed by atoms with Crippen LogP contribution in [0.4, 0.5) is 4.79 Å². The average molecular weight is 445 g/mol. The monoisotopic (exact) mass is 444 g/mol. The molecule has 31 heavy (non-hydrogen) atoms. The molecule has 0 bridgehead atoms. The first-order valence-electron chi connectivity index (χ1n) is 10.3. The molecule has 1 heterocycles. The minimum atomic E-state index is -1.55. The Morgan fingerprint density at radius 3 is 1.97 bits per heavy atom. The van der Waals surface area contributed by atoms with Gasteiger partial charge in [0.1, 0.15) is 17.1 Å². The summed E-state index contributed by atoms with van der Waals surface area (Å²) in [6.45, 7) is 6.07. The number of aliphatic hydroxyl groups is 1. The zero-order valence-corrected chi connectivity index (χ0v) is 18.9. The van der Waals surface area contributed by atoms with Gasteiger partial charge < -0.3 is 19.6 Å². The number of carbonyl (C=O) groups excluding carboxylic acids is 2. The van der Waals surface area contributed by atoms with Crippen LogP contribution in [0.5, 0.6) is 0 Å². The van der Waals surface area contributed by atoms with Gasteiger partial charge in [0, 0.05) is 19.6 Å². The highest BCUT2D eigenvalue weighted by Crippen LogP contribution is 2.37. The Morgan fingerprint density at radius 2 is 1.52 bits per heavy atom. The van der Waals surface area contributed by atoms with Gasteiger partial charge in [-0.15, -0.1) is 11.6 Å². The maximum Gasteiger partial charge on any atom is 0.410 e. The summed E-state index contributed by atoms with van der Waals surface area (Å²) in [6.07, 6.45) is -0.473. The van der Waals surface area contributed by atoms with Crippen molar-refractivity contribution in [2.45, 2.75) is 38.0 Å². The molecular formula is C24H29ClN2O4. The van der Waals surface area contributed by atoms with Crippen LogP contribution in [-0.2, 0) is 15.1 Å². The van der Waals surface area contributed by atoms with E-state index in [1.807, 2.05) is 60.7 Å². The fraction of sp³-hybridized carbons (Fsp3) is 0.417. The molecule has 0 spiro atoms. The Kier molecular flexibility index (Phi) is 6.92. The second-order valence-corrected chi connectivity index (χ2v) is 8.93. The lowest BCUT2D eigenvalue weighted by molar-refractivity contribution is -0.141. The number of alkyl halides is 1. The maximum atomic E-state index is 12.8. The summed E-state index contributed by atoms with van der Waals surface area (Å²) in [5.74, 6) is -0.497. The number of hydrogen-bond donors (Lipinski definition) is 1. The SMILES string of the molecule is CC(C)(C)OC(=O)N1CCN(C(=O)CCl)C(C(O)(c2ccccc2)c2ccccc2)C1. The molecule has 1 aliphatic heterocycles. The molecule has 0 aliphatic carbocycles. The van der Waals surface area contributed by atoms with Gasteiger partial charge in [-0.25, -0.2) is 4.79 Å². The van der Waals surface area contributed by atoms with Gasteiger partial charge in [-0.2, -0.15) is 0 Å². The van der Waals surface area contributed by atoms with Gasteiger partial charge in [0.05, 0.1) is 6.04 Å². The van der Waals surface area contributed by atoms with E-state index in [1.54, 1.807) is 30.6 Å². The summed E-state index contributed by atoms with van der Waals surface area (Å²) in [4.78, 5) is 28.7. The minimum absolute atomic E-state index is 0.109. The molecule has 0 saturated carbocycles. The number of ether oxygens (including phenoxy) is 1. The Morgan fingerprint density at radius 1 is 1.00 bits per heavy atom. The molecule has 6 nitrogen and oxygen atoms in total. The first-order valence-corrected chi connectivity index (χ1v) is 10.9. The zero-order valence-electron chi connectivity index (χ0n) is 18.1. The van der Waals surface area contributed by atoms with Crippen LogP contribution in [-0.4, -0.2) is 64.1 Å². The maximum absolute atomic E-state index is 12.8. The number of halogens is 1. The van der Waals surface area contributed by atoms with E-state index in [1.165, 1.54) is 0 Å². The van der Waals surface area contributed by atoms with E-state index >= 15 is 0 Å². The molecule has 1 aliphatic rings. The second kappa shape index (κ2) is 9.28. The van der Waals surface area contributed by atoms with Crippen molar-refractivity contribution in [3.8, 4) is 0 Å². The van der Waals surface area contributed by atoms with Crippen molar-refractivity contribution >= 4 is 23.6 Å². The first kappa shape index (κ1) is 23.1. The molecule has 2 amide bonds. The molecule has 1 fully saturated rings. The predicted molar refractivity (Wildman–Crippen MR) is 120 cm³/mol. The fourth-order valence-electron chi connectivity index (χ4n) is 3.94. The summed E-state index contributed by atoms with van der Waals surface area (Å²) in [5.41, 5.74) is -0.940. The number of benzene rings is 2. The third-order valence-electron chi connectivity index (χ3n) is 5.38. The van der Waals surface area contributed by atoms with Gasteiger partial charge in [0.2, 0.25) is 5.91 Å². The van der Waals surface area contributed by atoms with Crippen LogP contribution in [0.2, 0.25) is 0 Å². The number of amides is 2. The van der Waals surface area contributed by atoms with Gasteiger partial charge >= 0.3 is 6.09 Å². The Bertz CT molecular complexity index is 859. The van der Waals surface area contributed by atoms with Crippen LogP contribution in [0.3, 0.4) is 0 Å². The third-order valence-corrected chi connectivity index (χ3v) is 5.61. The summed E-state index contributed by atoms with van der Waals surface area (Å²) < 4.78 is 5.55. The molecule has 3 rings (SSSR count). The smallest absolute Gasteiger partial charge is 0.410 e. The first-order chi connectivity index (χ1) is 14.7. The van der Waals surface area contributed by atoms with Gasteiger partial charge in [0.25, 0.3) is 0 Å². The van der Waals surface area contributed by atoms with Gasteiger partial charge in [-0.1, -0.05) is 60.7 Å². The van der Waals surface area contributed by atoms with Crippen LogP contribution in [0.15, 0.2) is 60.7 Å². The number of nitrogens with zero attached hydrogens (tertiary/aromatic N) is 2. The lowest BCUT2D eigenvalue weighted by Crippen LogP contribution is -2.64. The third kappa shape index (κ3) is 5.02. The van der Waals surface area contributed by atoms with Crippen LogP contribution < -0.4 is 0 Å². The van der Waals surface area contributed by atoms with Gasteiger partial charge in [-0.3, -0.25) is 4.79 Å². The highest BCUT2D eigenvalue weighted by Gasteiger charge is 2.48. The van der Waals surface area contributed by atoms with Crippen LogP contribution >= 0.6 is 11.6 Å². The molecule has 1 unspecified atom stereocenters. The van der Waals surface area contributed by atoms with Crippen molar-refractivity contribution in [3.05, 3.63) is 71.8 Å². The Balaban J connectivity index is 2.08. The Labute approximate surface area is 188 Å². The van der Waals surface area contributed by atoms with Crippen LogP contribution in [0.1, 0.15) is 31.9 Å². The van der Waals surface area contributed by atoms with E-state index in [4.69, 9.17) is 16.3 Å². The van der Waals surface area contributed by atoms with Crippen molar-refractivity contribution in [3.63, 3.8) is 0 Å². The summed E-state index contributed by atoms with van der Waals surface area (Å²) in [6, 6.07) is 17.6. The van der Waals surface area contributed by atoms with Gasteiger partial charge in [0.15, 0.2) is 0 Å². The second-order valence-electron chi connectivity index (χ2n) is 8.66. The van der Waals surface area contributed by atoms with Crippen molar-refractivity contribution in [1.29, 1.82) is 0 Å². The van der Waals surface area contributed by atoms with Crippen LogP contribution in [0, 0.1) is 0 Å². The molecule has 1 atom stereocenters. The fourth-order valence-corrected chi connectivity index (χ4v) is 4.10. The molecule has 2 aromatic rings. The summed E-state index contributed by atoms with van der Waals surface area (Å²) >= 11 is 5.90. The summed E-state index contributed by atoms with van der Waals surface area (Å²) in [7, 11) is 0. The lowest BCUT2D eigenvalue weighted by atomic mass is 9.78. The number of rotatable bonds is 4. The highest BCUT2D eigenvalue weighted by atomic mass is 35.5. The summed E-state index contributed by atoms with van der Waals surface area (Å²) in [5, 5.41) is 12.2. The highest BCUT2D eigenvalue weighted by molar-refractivity contribution is 6.27. The van der Waals surface area contributed by atoms with Crippen molar-refractivity contribution in [1.82, 2.24) is 9.80 Å². The number of hydrogen-bond acceptors (Lipinski definition) is 4. The van der Waals surface area contributed by atoms with E-state index < -0.39 is 23.3 Å². The number of carbonyl (C=O) groups is 2. The van der Waals surface area contributed by atoms with E-state index in [0.29, 0.717) is 17.7 Å². The van der Waals surface area contributed by atoms with E-state index in [2.05, 4.69) is 0 Å². The molecule has 166 valence electrons. The number of piperazine rings is 1. The Hall–Kier alpha value is -2.57. The molecule has 7 heteroatoms. The van der Waals surface area contributed by atoms with Crippen molar-refractivity contribution < 1.29 is 19.4 Å². The average Bonchev–Trinajstić information content (AvgIpc) is 2.77. The van der Waals surface area contributed by atoms with Gasteiger partial charge in [-0.05, 0) is 31.9 Å². The standard InChI is InChI=1S/C24H29ClN2O4/c1-23(2,3)31-22(29)26-14-15-27(21(28)16-25)20(17-26)24(30,18-10-6-4-7-11-18)19-12-8-5-9-13-19/h4-13,20,30H,14-17H2,1-3H3. The van der Waals surface area contributed by atoms with Crippen molar-refractivity contribution in [2.75, 3.05) is 25.5 Å².